The Labute approximate surface area is 122 Å². The number of amides is 1. The summed E-state index contributed by atoms with van der Waals surface area (Å²) in [7, 11) is 0. The summed E-state index contributed by atoms with van der Waals surface area (Å²) in [5.41, 5.74) is 0.992. The predicted molar refractivity (Wildman–Crippen MR) is 76.6 cm³/mol. The molecule has 20 heavy (non-hydrogen) atoms. The van der Waals surface area contributed by atoms with Crippen LogP contribution in [0.2, 0.25) is 0 Å². The van der Waals surface area contributed by atoms with Crippen LogP contribution in [0.5, 0.6) is 0 Å². The summed E-state index contributed by atoms with van der Waals surface area (Å²) in [5, 5.41) is 15.0. The molecule has 1 amide bonds. The summed E-state index contributed by atoms with van der Waals surface area (Å²) in [5.74, 6) is -1.61. The first-order chi connectivity index (χ1) is 9.47. The maximum absolute atomic E-state index is 12.1. The van der Waals surface area contributed by atoms with E-state index in [2.05, 4.69) is 10.3 Å². The number of hydrogen-bond donors (Lipinski definition) is 2. The second-order valence-electron chi connectivity index (χ2n) is 5.55. The van der Waals surface area contributed by atoms with Gasteiger partial charge in [0, 0.05) is 24.0 Å². The Balaban J connectivity index is 1.83. The van der Waals surface area contributed by atoms with E-state index in [1.54, 1.807) is 11.3 Å². The average Bonchev–Trinajstić information content (AvgIpc) is 2.95. The van der Waals surface area contributed by atoms with Gasteiger partial charge in [-0.2, -0.15) is 0 Å². The molecule has 1 aliphatic carbocycles. The normalized spacial score (nSPS) is 25.6. The van der Waals surface area contributed by atoms with E-state index in [0.717, 1.165) is 10.7 Å². The fraction of sp³-hybridized carbons (Fsp3) is 0.643. The smallest absolute Gasteiger partial charge is 0.307 e. The van der Waals surface area contributed by atoms with Crippen LogP contribution in [0.15, 0.2) is 5.38 Å². The van der Waals surface area contributed by atoms with Crippen LogP contribution < -0.4 is 5.32 Å². The minimum atomic E-state index is -0.856. The highest BCUT2D eigenvalue weighted by molar-refractivity contribution is 7.09. The summed E-state index contributed by atoms with van der Waals surface area (Å²) < 4.78 is 0. The van der Waals surface area contributed by atoms with Crippen LogP contribution >= 0.6 is 11.3 Å². The number of aryl methyl sites for hydroxylation is 1. The molecular formula is C14H20N2O3S. The monoisotopic (exact) mass is 296 g/mol. The zero-order valence-electron chi connectivity index (χ0n) is 11.8. The molecule has 0 aliphatic heterocycles. The molecule has 2 N–H and O–H groups in total. The Morgan fingerprint density at radius 1 is 1.45 bits per heavy atom. The van der Waals surface area contributed by atoms with Gasteiger partial charge in [0.05, 0.1) is 16.8 Å². The Morgan fingerprint density at radius 3 is 2.75 bits per heavy atom. The molecule has 3 atom stereocenters. The lowest BCUT2D eigenvalue weighted by Crippen LogP contribution is -2.36. The number of carbonyl (C=O) groups is 2. The fourth-order valence-corrected chi connectivity index (χ4v) is 3.57. The Morgan fingerprint density at radius 2 is 2.15 bits per heavy atom. The van der Waals surface area contributed by atoms with Gasteiger partial charge in [0.15, 0.2) is 0 Å². The van der Waals surface area contributed by atoms with E-state index in [1.807, 2.05) is 19.2 Å². The van der Waals surface area contributed by atoms with Gasteiger partial charge < -0.3 is 10.4 Å². The van der Waals surface area contributed by atoms with Crippen LogP contribution in [0.25, 0.3) is 0 Å². The maximum atomic E-state index is 12.1. The third-order valence-corrected chi connectivity index (χ3v) is 4.78. The number of nitrogens with one attached hydrogen (secondary N) is 1. The van der Waals surface area contributed by atoms with Gasteiger partial charge in [0.25, 0.3) is 0 Å². The van der Waals surface area contributed by atoms with Gasteiger partial charge in [-0.1, -0.05) is 6.92 Å². The number of thiazole rings is 1. The fourth-order valence-electron chi connectivity index (χ4n) is 2.80. The van der Waals surface area contributed by atoms with Crippen LogP contribution in [0.1, 0.15) is 30.5 Å². The van der Waals surface area contributed by atoms with E-state index >= 15 is 0 Å². The Bertz CT molecular complexity index is 500. The largest absolute Gasteiger partial charge is 0.481 e. The van der Waals surface area contributed by atoms with Gasteiger partial charge >= 0.3 is 5.97 Å². The summed E-state index contributed by atoms with van der Waals surface area (Å²) in [6, 6.07) is 0. The first-order valence-corrected chi connectivity index (χ1v) is 7.77. The summed E-state index contributed by atoms with van der Waals surface area (Å²) in [6.45, 7) is 4.46. The number of carboxylic acids is 1. The Kier molecular flexibility index (Phi) is 4.75. The SMILES string of the molecule is Cc1csc(CCNC(=O)[C@H]2CC(C)C[C@H]2C(=O)O)n1. The van der Waals surface area contributed by atoms with E-state index < -0.39 is 11.9 Å². The molecule has 6 heteroatoms. The number of aliphatic carboxylic acids is 1. The van der Waals surface area contributed by atoms with Gasteiger partial charge in [-0.15, -0.1) is 11.3 Å². The number of rotatable bonds is 5. The molecule has 0 aromatic carbocycles. The number of nitrogens with zero attached hydrogens (tertiary/aromatic N) is 1. The van der Waals surface area contributed by atoms with Gasteiger partial charge in [-0.3, -0.25) is 9.59 Å². The molecule has 1 saturated carbocycles. The van der Waals surface area contributed by atoms with E-state index in [-0.39, 0.29) is 11.8 Å². The average molecular weight is 296 g/mol. The third-order valence-electron chi connectivity index (χ3n) is 3.76. The van der Waals surface area contributed by atoms with Crippen molar-refractivity contribution in [3.63, 3.8) is 0 Å². The molecule has 1 aromatic heterocycles. The molecule has 0 spiro atoms. The van der Waals surface area contributed by atoms with Crippen LogP contribution in [-0.4, -0.2) is 28.5 Å². The molecular weight excluding hydrogens is 276 g/mol. The molecule has 0 saturated heterocycles. The molecule has 1 fully saturated rings. The van der Waals surface area contributed by atoms with Crippen molar-refractivity contribution >= 4 is 23.2 Å². The summed E-state index contributed by atoms with van der Waals surface area (Å²) >= 11 is 1.58. The lowest BCUT2D eigenvalue weighted by atomic mass is 9.95. The van der Waals surface area contributed by atoms with Crippen LogP contribution in [-0.2, 0) is 16.0 Å². The minimum absolute atomic E-state index is 0.130. The highest BCUT2D eigenvalue weighted by Gasteiger charge is 2.40. The molecule has 1 heterocycles. The van der Waals surface area contributed by atoms with Crippen LogP contribution in [0.4, 0.5) is 0 Å². The van der Waals surface area contributed by atoms with Crippen molar-refractivity contribution in [3.8, 4) is 0 Å². The van der Waals surface area contributed by atoms with Gasteiger partial charge in [-0.25, -0.2) is 4.98 Å². The highest BCUT2D eigenvalue weighted by atomic mass is 32.1. The lowest BCUT2D eigenvalue weighted by molar-refractivity contribution is -0.146. The predicted octanol–water partition coefficient (Wildman–Crippen LogP) is 1.86. The van der Waals surface area contributed by atoms with Crippen molar-refractivity contribution in [2.45, 2.75) is 33.1 Å². The minimum Gasteiger partial charge on any atom is -0.481 e. The van der Waals surface area contributed by atoms with E-state index in [1.165, 1.54) is 0 Å². The quantitative estimate of drug-likeness (QED) is 0.869. The number of hydrogen-bond acceptors (Lipinski definition) is 4. The topological polar surface area (TPSA) is 79.3 Å². The summed E-state index contributed by atoms with van der Waals surface area (Å²) in [4.78, 5) is 27.6. The molecule has 5 nitrogen and oxygen atoms in total. The zero-order valence-corrected chi connectivity index (χ0v) is 12.6. The first kappa shape index (κ1) is 15.0. The zero-order chi connectivity index (χ0) is 14.7. The van der Waals surface area contributed by atoms with Crippen molar-refractivity contribution in [2.24, 2.45) is 17.8 Å². The maximum Gasteiger partial charge on any atom is 0.307 e. The molecule has 0 radical (unpaired) electrons. The number of carbonyl (C=O) groups excluding carboxylic acids is 1. The van der Waals surface area contributed by atoms with Gasteiger partial charge in [0.1, 0.15) is 0 Å². The first-order valence-electron chi connectivity index (χ1n) is 6.89. The van der Waals surface area contributed by atoms with E-state index in [0.29, 0.717) is 31.7 Å². The number of aromatic nitrogens is 1. The lowest BCUT2D eigenvalue weighted by Gasteiger charge is -2.15. The molecule has 1 unspecified atom stereocenters. The third kappa shape index (κ3) is 3.56. The summed E-state index contributed by atoms with van der Waals surface area (Å²) in [6.07, 6.45) is 1.96. The Hall–Kier alpha value is -1.43. The highest BCUT2D eigenvalue weighted by Crippen LogP contribution is 2.36. The molecule has 0 bridgehead atoms. The molecule has 110 valence electrons. The molecule has 1 aromatic rings. The van der Waals surface area contributed by atoms with Crippen molar-refractivity contribution in [3.05, 3.63) is 16.1 Å². The van der Waals surface area contributed by atoms with Crippen molar-refractivity contribution in [1.29, 1.82) is 0 Å². The molecule has 1 aliphatic rings. The second-order valence-corrected chi connectivity index (χ2v) is 6.49. The standard InChI is InChI=1S/C14H20N2O3S/c1-8-5-10(11(6-8)14(18)19)13(17)15-4-3-12-16-9(2)7-20-12/h7-8,10-11H,3-6H2,1-2H3,(H,15,17)(H,18,19)/t8?,10-,11+/m0/s1. The molecule has 2 rings (SSSR count). The van der Waals surface area contributed by atoms with Crippen molar-refractivity contribution in [2.75, 3.05) is 6.54 Å². The van der Waals surface area contributed by atoms with Crippen LogP contribution in [0, 0.1) is 24.7 Å². The van der Waals surface area contributed by atoms with E-state index in [9.17, 15) is 9.59 Å². The van der Waals surface area contributed by atoms with Gasteiger partial charge in [-0.05, 0) is 25.7 Å². The van der Waals surface area contributed by atoms with Crippen molar-refractivity contribution < 1.29 is 14.7 Å². The number of carboxylic acid groups (broad SMARTS) is 1. The van der Waals surface area contributed by atoms with E-state index in [4.69, 9.17) is 5.11 Å². The van der Waals surface area contributed by atoms with Crippen LogP contribution in [0.3, 0.4) is 0 Å². The van der Waals surface area contributed by atoms with Crippen molar-refractivity contribution in [1.82, 2.24) is 10.3 Å². The second kappa shape index (κ2) is 6.35. The van der Waals surface area contributed by atoms with Gasteiger partial charge in [0.2, 0.25) is 5.91 Å².